The second-order valence-electron chi connectivity index (χ2n) is 4.97. The van der Waals surface area contributed by atoms with Crippen LogP contribution in [0.4, 0.5) is 0 Å². The van der Waals surface area contributed by atoms with Crippen LogP contribution >= 0.6 is 0 Å². The lowest BCUT2D eigenvalue weighted by molar-refractivity contribution is 1.52. The molecule has 2 aromatic rings. The highest BCUT2D eigenvalue weighted by atomic mass is 14.1. The molecule has 0 bridgehead atoms. The molecule has 0 radical (unpaired) electrons. The first-order valence-corrected chi connectivity index (χ1v) is 7.17. The van der Waals surface area contributed by atoms with Gasteiger partial charge in [0.1, 0.15) is 0 Å². The first-order valence-electron chi connectivity index (χ1n) is 7.17. The van der Waals surface area contributed by atoms with Crippen molar-refractivity contribution in [3.05, 3.63) is 121 Å². The number of rotatable bonds is 6. The molecule has 0 spiro atoms. The van der Waals surface area contributed by atoms with Crippen molar-refractivity contribution < 1.29 is 0 Å². The minimum atomic E-state index is 0.928. The maximum absolute atomic E-state index is 4.22. The van der Waals surface area contributed by atoms with Gasteiger partial charge < -0.3 is 0 Å². The highest BCUT2D eigenvalue weighted by Gasteiger charge is 2.06. The fourth-order valence-electron chi connectivity index (χ4n) is 2.29. The molecule has 0 aliphatic carbocycles. The van der Waals surface area contributed by atoms with Crippen molar-refractivity contribution in [3.63, 3.8) is 0 Å². The maximum atomic E-state index is 4.22. The van der Waals surface area contributed by atoms with E-state index in [1.54, 1.807) is 12.2 Å². The van der Waals surface area contributed by atoms with Crippen LogP contribution in [0.15, 0.2) is 105 Å². The predicted octanol–water partition coefficient (Wildman–Crippen LogP) is 6.06. The van der Waals surface area contributed by atoms with Crippen LogP contribution in [-0.2, 0) is 0 Å². The molecule has 2 aromatic carbocycles. The molecular formula is C22H20. The predicted molar refractivity (Wildman–Crippen MR) is 98.5 cm³/mol. The summed E-state index contributed by atoms with van der Waals surface area (Å²) in [5.74, 6) is 0. The molecule has 0 N–H and O–H groups in total. The van der Waals surface area contributed by atoms with E-state index in [2.05, 4.69) is 50.6 Å². The molecule has 0 heterocycles. The smallest absolute Gasteiger partial charge is 0.0178 e. The molecule has 0 unspecified atom stereocenters. The maximum Gasteiger partial charge on any atom is -0.0178 e. The fourth-order valence-corrected chi connectivity index (χ4v) is 2.29. The molecule has 0 fully saturated rings. The van der Waals surface area contributed by atoms with E-state index < -0.39 is 0 Å². The third-order valence-electron chi connectivity index (χ3n) is 3.55. The SMILES string of the molecule is C=C/C=C(\C=C)C(=C)c1cccc(C(=C)c2ccccc2)c1. The van der Waals surface area contributed by atoms with Crippen LogP contribution in [0.5, 0.6) is 0 Å². The standard InChI is InChI=1S/C22H20/c1-5-11-19(6-2)17(3)21-14-10-15-22(16-21)18(4)20-12-8-7-9-13-20/h5-16H,1-4H2/b19-11+. The minimum Gasteiger partial charge on any atom is -0.0990 e. The first kappa shape index (κ1) is 15.5. The average Bonchev–Trinajstić information content (AvgIpc) is 2.59. The van der Waals surface area contributed by atoms with Gasteiger partial charge >= 0.3 is 0 Å². The van der Waals surface area contributed by atoms with Crippen molar-refractivity contribution in [3.8, 4) is 0 Å². The second-order valence-corrected chi connectivity index (χ2v) is 4.97. The van der Waals surface area contributed by atoms with E-state index in [-0.39, 0.29) is 0 Å². The Labute approximate surface area is 133 Å². The Morgan fingerprint density at radius 3 is 2.05 bits per heavy atom. The molecule has 0 aromatic heterocycles. The molecule has 0 amide bonds. The Morgan fingerprint density at radius 1 is 0.773 bits per heavy atom. The van der Waals surface area contributed by atoms with Crippen molar-refractivity contribution in [1.82, 2.24) is 0 Å². The summed E-state index contributed by atoms with van der Waals surface area (Å²) in [5.41, 5.74) is 6.17. The monoisotopic (exact) mass is 284 g/mol. The zero-order chi connectivity index (χ0) is 15.9. The van der Waals surface area contributed by atoms with Crippen LogP contribution in [0.1, 0.15) is 16.7 Å². The molecule has 0 heteroatoms. The van der Waals surface area contributed by atoms with E-state index >= 15 is 0 Å². The Kier molecular flexibility index (Phi) is 5.11. The lowest BCUT2D eigenvalue weighted by Crippen LogP contribution is -1.90. The van der Waals surface area contributed by atoms with Crippen molar-refractivity contribution in [1.29, 1.82) is 0 Å². The number of allylic oxidation sites excluding steroid dienone is 5. The summed E-state index contributed by atoms with van der Waals surface area (Å²) in [7, 11) is 0. The molecule has 0 nitrogen and oxygen atoms in total. The van der Waals surface area contributed by atoms with E-state index in [4.69, 9.17) is 0 Å². The van der Waals surface area contributed by atoms with Crippen LogP contribution in [0, 0.1) is 0 Å². The summed E-state index contributed by atoms with van der Waals surface area (Å²) in [4.78, 5) is 0. The van der Waals surface area contributed by atoms with Gasteiger partial charge in [0, 0.05) is 0 Å². The molecule has 0 aliphatic heterocycles. The zero-order valence-electron chi connectivity index (χ0n) is 12.8. The highest BCUT2D eigenvalue weighted by Crippen LogP contribution is 2.27. The Morgan fingerprint density at radius 2 is 1.41 bits per heavy atom. The third-order valence-corrected chi connectivity index (χ3v) is 3.55. The molecule has 0 saturated heterocycles. The van der Waals surface area contributed by atoms with E-state index in [9.17, 15) is 0 Å². The Hall–Kier alpha value is -2.86. The number of hydrogen-bond acceptors (Lipinski definition) is 0. The molecule has 2 rings (SSSR count). The molecule has 0 aliphatic rings. The van der Waals surface area contributed by atoms with Gasteiger partial charge in [0.05, 0.1) is 0 Å². The summed E-state index contributed by atoms with van der Waals surface area (Å²) in [6.07, 6.45) is 5.45. The van der Waals surface area contributed by atoms with Gasteiger partial charge in [-0.25, -0.2) is 0 Å². The van der Waals surface area contributed by atoms with Crippen LogP contribution in [0.2, 0.25) is 0 Å². The van der Waals surface area contributed by atoms with E-state index in [0.717, 1.165) is 33.4 Å². The third kappa shape index (κ3) is 3.42. The largest absolute Gasteiger partial charge is 0.0990 e. The molecule has 0 atom stereocenters. The summed E-state index contributed by atoms with van der Waals surface area (Å²) in [6.45, 7) is 16.0. The summed E-state index contributed by atoms with van der Waals surface area (Å²) >= 11 is 0. The Bertz CT molecular complexity index is 743. The molecule has 108 valence electrons. The second kappa shape index (κ2) is 7.24. The quantitative estimate of drug-likeness (QED) is 0.566. The van der Waals surface area contributed by atoms with Gasteiger partial charge in [0.15, 0.2) is 0 Å². The molecule has 0 saturated carbocycles. The van der Waals surface area contributed by atoms with Gasteiger partial charge in [-0.05, 0) is 39.5 Å². The number of benzene rings is 2. The van der Waals surface area contributed by atoms with E-state index in [1.807, 2.05) is 36.4 Å². The van der Waals surface area contributed by atoms with Crippen LogP contribution < -0.4 is 0 Å². The average molecular weight is 284 g/mol. The topological polar surface area (TPSA) is 0 Å². The van der Waals surface area contributed by atoms with Crippen molar-refractivity contribution in [2.75, 3.05) is 0 Å². The van der Waals surface area contributed by atoms with E-state index in [0.29, 0.717) is 0 Å². The normalized spacial score (nSPS) is 10.8. The lowest BCUT2D eigenvalue weighted by Gasteiger charge is -2.11. The number of hydrogen-bond donors (Lipinski definition) is 0. The van der Waals surface area contributed by atoms with Crippen molar-refractivity contribution in [2.24, 2.45) is 0 Å². The summed E-state index contributed by atoms with van der Waals surface area (Å²) in [6, 6.07) is 18.4. The van der Waals surface area contributed by atoms with Gasteiger partial charge in [0.25, 0.3) is 0 Å². The van der Waals surface area contributed by atoms with Gasteiger partial charge in [0.2, 0.25) is 0 Å². The lowest BCUT2D eigenvalue weighted by atomic mass is 9.93. The van der Waals surface area contributed by atoms with Crippen LogP contribution in [-0.4, -0.2) is 0 Å². The molecule has 22 heavy (non-hydrogen) atoms. The van der Waals surface area contributed by atoms with Gasteiger partial charge in [-0.1, -0.05) is 93.1 Å². The highest BCUT2D eigenvalue weighted by molar-refractivity contribution is 5.84. The molecular weight excluding hydrogens is 264 g/mol. The Balaban J connectivity index is 2.37. The van der Waals surface area contributed by atoms with Crippen LogP contribution in [0.3, 0.4) is 0 Å². The fraction of sp³-hybridized carbons (Fsp3) is 0. The van der Waals surface area contributed by atoms with E-state index in [1.165, 1.54) is 0 Å². The summed E-state index contributed by atoms with van der Waals surface area (Å²) in [5, 5.41) is 0. The summed E-state index contributed by atoms with van der Waals surface area (Å²) < 4.78 is 0. The van der Waals surface area contributed by atoms with Gasteiger partial charge in [-0.15, -0.1) is 0 Å². The van der Waals surface area contributed by atoms with Crippen molar-refractivity contribution >= 4 is 11.1 Å². The zero-order valence-corrected chi connectivity index (χ0v) is 12.8. The van der Waals surface area contributed by atoms with Gasteiger partial charge in [-0.2, -0.15) is 0 Å². The van der Waals surface area contributed by atoms with Crippen LogP contribution in [0.25, 0.3) is 11.1 Å². The minimum absolute atomic E-state index is 0.928. The van der Waals surface area contributed by atoms with Crippen molar-refractivity contribution in [2.45, 2.75) is 0 Å². The first-order chi connectivity index (χ1) is 10.7. The van der Waals surface area contributed by atoms with Gasteiger partial charge in [-0.3, -0.25) is 0 Å².